The van der Waals surface area contributed by atoms with Gasteiger partial charge in [-0.2, -0.15) is 0 Å². The summed E-state index contributed by atoms with van der Waals surface area (Å²) in [7, 11) is 0. The maximum Gasteiger partial charge on any atom is 0.308 e. The van der Waals surface area contributed by atoms with Crippen molar-refractivity contribution in [2.75, 3.05) is 0 Å². The molecule has 0 aliphatic carbocycles. The van der Waals surface area contributed by atoms with Gasteiger partial charge in [0.2, 0.25) is 5.91 Å². The monoisotopic (exact) mass is 352 g/mol. The average Bonchev–Trinajstić information content (AvgIpc) is 2.61. The summed E-state index contributed by atoms with van der Waals surface area (Å²) >= 11 is 0. The maximum absolute atomic E-state index is 12.3. The molecule has 0 unspecified atom stereocenters. The molecular formula is C20H20N2O4. The number of carbonyl (C=O) groups is 3. The molecule has 26 heavy (non-hydrogen) atoms. The highest BCUT2D eigenvalue weighted by Crippen LogP contribution is 2.14. The van der Waals surface area contributed by atoms with E-state index < -0.39 is 23.8 Å². The van der Waals surface area contributed by atoms with E-state index in [9.17, 15) is 14.4 Å². The fourth-order valence-electron chi connectivity index (χ4n) is 2.26. The molecule has 0 aliphatic heterocycles. The lowest BCUT2D eigenvalue weighted by Gasteiger charge is -2.14. The first-order valence-electron chi connectivity index (χ1n) is 8.06. The smallest absolute Gasteiger partial charge is 0.308 e. The van der Waals surface area contributed by atoms with E-state index in [0.717, 1.165) is 5.56 Å². The Morgan fingerprint density at radius 2 is 1.85 bits per heavy atom. The normalized spacial score (nSPS) is 11.7. The van der Waals surface area contributed by atoms with Crippen LogP contribution in [0.4, 0.5) is 0 Å². The summed E-state index contributed by atoms with van der Waals surface area (Å²) in [5.41, 5.74) is 6.63. The quantitative estimate of drug-likeness (QED) is 0.590. The van der Waals surface area contributed by atoms with Gasteiger partial charge in [0.05, 0.1) is 0 Å². The lowest BCUT2D eigenvalue weighted by Crippen LogP contribution is -2.44. The number of hydrogen-bond donors (Lipinski definition) is 2. The first-order chi connectivity index (χ1) is 12.5. The predicted molar refractivity (Wildman–Crippen MR) is 98.3 cm³/mol. The van der Waals surface area contributed by atoms with Crippen molar-refractivity contribution in [3.63, 3.8) is 0 Å². The van der Waals surface area contributed by atoms with Gasteiger partial charge < -0.3 is 15.8 Å². The van der Waals surface area contributed by atoms with E-state index in [2.05, 4.69) is 5.32 Å². The average molecular weight is 352 g/mol. The summed E-state index contributed by atoms with van der Waals surface area (Å²) in [4.78, 5) is 35.0. The highest BCUT2D eigenvalue weighted by atomic mass is 16.5. The zero-order valence-electron chi connectivity index (χ0n) is 14.3. The molecule has 0 bridgehead atoms. The van der Waals surface area contributed by atoms with Gasteiger partial charge in [0, 0.05) is 12.5 Å². The minimum atomic E-state index is -0.847. The number of benzene rings is 2. The van der Waals surface area contributed by atoms with Crippen LogP contribution in [0.2, 0.25) is 0 Å². The Hall–Kier alpha value is -3.41. The Morgan fingerprint density at radius 1 is 1.12 bits per heavy atom. The highest BCUT2D eigenvalue weighted by molar-refractivity contribution is 5.97. The van der Waals surface area contributed by atoms with Crippen molar-refractivity contribution in [2.45, 2.75) is 19.4 Å². The van der Waals surface area contributed by atoms with E-state index in [4.69, 9.17) is 10.5 Å². The summed E-state index contributed by atoms with van der Waals surface area (Å²) in [6.07, 6.45) is 3.89. The Kier molecular flexibility index (Phi) is 6.68. The topological polar surface area (TPSA) is 98.5 Å². The van der Waals surface area contributed by atoms with Gasteiger partial charge in [0.25, 0.3) is 5.91 Å². The van der Waals surface area contributed by atoms with Gasteiger partial charge >= 0.3 is 5.97 Å². The molecule has 0 fully saturated rings. The number of nitrogens with one attached hydrogen (secondary N) is 1. The highest BCUT2D eigenvalue weighted by Gasteiger charge is 2.18. The summed E-state index contributed by atoms with van der Waals surface area (Å²) in [6, 6.07) is 14.9. The van der Waals surface area contributed by atoms with Gasteiger partial charge in [-0.15, -0.1) is 0 Å². The molecule has 6 heteroatoms. The molecule has 6 nitrogen and oxygen atoms in total. The van der Waals surface area contributed by atoms with Crippen LogP contribution < -0.4 is 15.8 Å². The molecule has 0 aliphatic rings. The van der Waals surface area contributed by atoms with Crippen LogP contribution in [0.3, 0.4) is 0 Å². The third kappa shape index (κ3) is 5.90. The number of carbonyl (C=O) groups excluding carboxylic acids is 3. The van der Waals surface area contributed by atoms with Gasteiger partial charge in [0.1, 0.15) is 11.8 Å². The zero-order chi connectivity index (χ0) is 18.9. The van der Waals surface area contributed by atoms with E-state index in [1.165, 1.54) is 13.0 Å². The summed E-state index contributed by atoms with van der Waals surface area (Å²) < 4.78 is 4.95. The number of primary amides is 1. The number of hydrogen-bond acceptors (Lipinski definition) is 4. The van der Waals surface area contributed by atoms with Gasteiger partial charge in [-0.1, -0.05) is 48.6 Å². The number of rotatable bonds is 7. The van der Waals surface area contributed by atoms with Crippen LogP contribution in [0.5, 0.6) is 5.75 Å². The maximum atomic E-state index is 12.3. The van der Waals surface area contributed by atoms with E-state index in [1.807, 2.05) is 36.4 Å². The molecule has 0 radical (unpaired) electrons. The molecule has 3 N–H and O–H groups in total. The summed E-state index contributed by atoms with van der Waals surface area (Å²) in [5.74, 6) is -1.34. The molecule has 0 saturated carbocycles. The molecule has 0 spiro atoms. The van der Waals surface area contributed by atoms with E-state index in [-0.39, 0.29) is 17.7 Å². The molecule has 0 heterocycles. The van der Waals surface area contributed by atoms with Crippen LogP contribution in [0, 0.1) is 0 Å². The van der Waals surface area contributed by atoms with Crippen LogP contribution in [-0.4, -0.2) is 23.8 Å². The first-order valence-corrected chi connectivity index (χ1v) is 8.06. The predicted octanol–water partition coefficient (Wildman–Crippen LogP) is 2.30. The number of ether oxygens (including phenoxy) is 1. The van der Waals surface area contributed by atoms with E-state index in [0.29, 0.717) is 0 Å². The van der Waals surface area contributed by atoms with Crippen molar-refractivity contribution in [1.82, 2.24) is 5.32 Å². The minimum absolute atomic E-state index is 0.254. The van der Waals surface area contributed by atoms with Crippen molar-refractivity contribution >= 4 is 23.9 Å². The van der Waals surface area contributed by atoms with Crippen LogP contribution >= 0.6 is 0 Å². The van der Waals surface area contributed by atoms with Crippen molar-refractivity contribution in [2.24, 2.45) is 5.73 Å². The number of esters is 1. The first kappa shape index (κ1) is 18.9. The fourth-order valence-corrected chi connectivity index (χ4v) is 2.26. The van der Waals surface area contributed by atoms with Gasteiger partial charge in [0.15, 0.2) is 0 Å². The minimum Gasteiger partial charge on any atom is -0.427 e. The van der Waals surface area contributed by atoms with Crippen molar-refractivity contribution in [1.29, 1.82) is 0 Å². The molecule has 2 rings (SSSR count). The summed E-state index contributed by atoms with van der Waals surface area (Å²) in [5, 5.41) is 2.59. The molecule has 2 aromatic carbocycles. The fraction of sp³-hybridized carbons (Fsp3) is 0.150. The molecule has 0 aromatic heterocycles. The van der Waals surface area contributed by atoms with E-state index in [1.54, 1.807) is 24.3 Å². The standard InChI is InChI=1S/C20H20N2O4/c1-14(23)26-17-11-6-10-16(13-17)20(25)22-18(19(21)24)12-5-9-15-7-3-2-4-8-15/h2-11,13,18H,12H2,1H3,(H2,21,24)(H,22,25)/b9-5+/t18-/m0/s1. The Morgan fingerprint density at radius 3 is 2.50 bits per heavy atom. The number of amides is 2. The Labute approximate surface area is 151 Å². The second kappa shape index (κ2) is 9.17. The second-order valence-electron chi connectivity index (χ2n) is 5.60. The third-order valence-electron chi connectivity index (χ3n) is 3.49. The largest absolute Gasteiger partial charge is 0.427 e. The number of nitrogens with two attached hydrogens (primary N) is 1. The molecule has 2 aromatic rings. The second-order valence-corrected chi connectivity index (χ2v) is 5.60. The Balaban J connectivity index is 2.02. The van der Waals surface area contributed by atoms with Crippen LogP contribution in [-0.2, 0) is 9.59 Å². The van der Waals surface area contributed by atoms with Gasteiger partial charge in [-0.3, -0.25) is 14.4 Å². The van der Waals surface area contributed by atoms with Gasteiger partial charge in [-0.05, 0) is 30.2 Å². The molecule has 134 valence electrons. The van der Waals surface area contributed by atoms with E-state index >= 15 is 0 Å². The molecule has 2 amide bonds. The molecule has 1 atom stereocenters. The molecular weight excluding hydrogens is 332 g/mol. The van der Waals surface area contributed by atoms with Gasteiger partial charge in [-0.25, -0.2) is 0 Å². The lowest BCUT2D eigenvalue weighted by molar-refractivity contribution is -0.131. The summed E-state index contributed by atoms with van der Waals surface area (Å²) in [6.45, 7) is 1.27. The van der Waals surface area contributed by atoms with Crippen LogP contribution in [0.1, 0.15) is 29.3 Å². The SMILES string of the molecule is CC(=O)Oc1cccc(C(=O)N[C@@H](C/C=C/c2ccccc2)C(N)=O)c1. The van der Waals surface area contributed by atoms with Crippen molar-refractivity contribution in [3.05, 3.63) is 71.8 Å². The van der Waals surface area contributed by atoms with Crippen molar-refractivity contribution < 1.29 is 19.1 Å². The van der Waals surface area contributed by atoms with Crippen LogP contribution in [0.25, 0.3) is 6.08 Å². The van der Waals surface area contributed by atoms with Crippen LogP contribution in [0.15, 0.2) is 60.7 Å². The lowest BCUT2D eigenvalue weighted by atomic mass is 10.1. The zero-order valence-corrected chi connectivity index (χ0v) is 14.3. The van der Waals surface area contributed by atoms with Crippen molar-refractivity contribution in [3.8, 4) is 5.75 Å². The Bertz CT molecular complexity index is 816. The molecule has 0 saturated heterocycles. The third-order valence-corrected chi connectivity index (χ3v) is 3.49.